The third kappa shape index (κ3) is 3.77. The van der Waals surface area contributed by atoms with Gasteiger partial charge in [-0.25, -0.2) is 0 Å². The van der Waals surface area contributed by atoms with E-state index in [2.05, 4.69) is 4.74 Å². The fourth-order valence-electron chi connectivity index (χ4n) is 0.344. The van der Waals surface area contributed by atoms with Gasteiger partial charge in [-0.05, 0) is 12.6 Å². The maximum absolute atomic E-state index is 8.66. The van der Waals surface area contributed by atoms with Crippen LogP contribution in [0, 0.1) is 5.41 Å². The van der Waals surface area contributed by atoms with Crippen molar-refractivity contribution in [3.63, 3.8) is 0 Å². The monoisotopic (exact) mass is 117 g/mol. The fourth-order valence-corrected chi connectivity index (χ4v) is 0.344. The van der Waals surface area contributed by atoms with E-state index in [0.717, 1.165) is 0 Å². The van der Waals surface area contributed by atoms with Gasteiger partial charge in [0.25, 0.3) is 0 Å². The van der Waals surface area contributed by atoms with E-state index in [-0.39, 0.29) is 0 Å². The minimum atomic E-state index is -0.698. The molecule has 0 aliphatic carbocycles. The van der Waals surface area contributed by atoms with Crippen molar-refractivity contribution < 1.29 is 9.84 Å². The molecule has 2 N–H and O–H groups in total. The van der Waals surface area contributed by atoms with Crippen LogP contribution in [0.15, 0.2) is 0 Å². The van der Waals surface area contributed by atoms with Crippen LogP contribution in [0.25, 0.3) is 0 Å². The summed E-state index contributed by atoms with van der Waals surface area (Å²) in [6.45, 7) is 0. The van der Waals surface area contributed by atoms with Gasteiger partial charge in [0.05, 0.1) is 0 Å². The molecule has 1 atom stereocenters. The molecule has 0 spiro atoms. The molecule has 0 aliphatic rings. The maximum Gasteiger partial charge on any atom is 0.154 e. The van der Waals surface area contributed by atoms with Crippen LogP contribution in [-0.2, 0) is 4.74 Å². The highest BCUT2D eigenvalue weighted by Gasteiger charge is 1.96. The van der Waals surface area contributed by atoms with Crippen molar-refractivity contribution in [3.8, 4) is 0 Å². The summed E-state index contributed by atoms with van der Waals surface area (Å²) in [6.07, 6.45) is 1.65. The Morgan fingerprint density at radius 2 is 2.50 bits per heavy atom. The highest BCUT2D eigenvalue weighted by Crippen LogP contribution is 1.93. The quantitative estimate of drug-likeness (QED) is 0.413. The van der Waals surface area contributed by atoms with Gasteiger partial charge in [0.2, 0.25) is 0 Å². The molecule has 0 aromatic heterocycles. The van der Waals surface area contributed by atoms with Crippen LogP contribution >= 0.6 is 0 Å². The minimum absolute atomic E-state index is 0.514. The Bertz CT molecular complexity index is 65.4. The molecule has 0 aromatic rings. The van der Waals surface area contributed by atoms with Gasteiger partial charge in [-0.2, -0.15) is 0 Å². The Balaban J connectivity index is 2.97. The van der Waals surface area contributed by atoms with Crippen molar-refractivity contribution in [2.75, 3.05) is 7.11 Å². The molecule has 0 heterocycles. The van der Waals surface area contributed by atoms with Crippen molar-refractivity contribution >= 4 is 6.21 Å². The molecule has 0 aliphatic heterocycles. The van der Waals surface area contributed by atoms with Gasteiger partial charge in [-0.1, -0.05) is 0 Å². The standard InChI is InChI=1S/C5H11NO2/c1-8-5(7)3-2-4-6/h4-7H,2-3H2,1H3. The number of hydrogen-bond acceptors (Lipinski definition) is 3. The molecule has 3 heteroatoms. The SMILES string of the molecule is COC(O)CCC=N. The van der Waals surface area contributed by atoms with Gasteiger partial charge in [0.15, 0.2) is 6.29 Å². The van der Waals surface area contributed by atoms with Crippen molar-refractivity contribution in [2.24, 2.45) is 0 Å². The first-order chi connectivity index (χ1) is 3.81. The van der Waals surface area contributed by atoms with Crippen LogP contribution in [0.3, 0.4) is 0 Å². The Kier molecular flexibility index (Phi) is 4.50. The molecule has 3 nitrogen and oxygen atoms in total. The fraction of sp³-hybridized carbons (Fsp3) is 0.800. The summed E-state index contributed by atoms with van der Waals surface area (Å²) in [5, 5.41) is 15.2. The number of ether oxygens (including phenoxy) is 1. The topological polar surface area (TPSA) is 53.3 Å². The van der Waals surface area contributed by atoms with Crippen molar-refractivity contribution in [3.05, 3.63) is 0 Å². The second-order valence-electron chi connectivity index (χ2n) is 1.47. The zero-order valence-corrected chi connectivity index (χ0v) is 4.92. The van der Waals surface area contributed by atoms with E-state index in [9.17, 15) is 0 Å². The molecule has 0 saturated carbocycles. The molecular formula is C5H11NO2. The lowest BCUT2D eigenvalue weighted by Gasteiger charge is -2.03. The Labute approximate surface area is 48.8 Å². The molecule has 0 saturated heterocycles. The van der Waals surface area contributed by atoms with Gasteiger partial charge in [-0.3, -0.25) is 0 Å². The van der Waals surface area contributed by atoms with E-state index in [1.165, 1.54) is 13.3 Å². The second-order valence-corrected chi connectivity index (χ2v) is 1.47. The lowest BCUT2D eigenvalue weighted by atomic mass is 10.3. The van der Waals surface area contributed by atoms with Crippen LogP contribution < -0.4 is 0 Å². The van der Waals surface area contributed by atoms with Crippen molar-refractivity contribution in [2.45, 2.75) is 19.1 Å². The van der Waals surface area contributed by atoms with E-state index >= 15 is 0 Å². The minimum Gasteiger partial charge on any atom is -0.368 e. The highest BCUT2D eigenvalue weighted by molar-refractivity contribution is 5.52. The Morgan fingerprint density at radius 1 is 1.88 bits per heavy atom. The van der Waals surface area contributed by atoms with Gasteiger partial charge < -0.3 is 15.3 Å². The first-order valence-corrected chi connectivity index (χ1v) is 2.51. The summed E-state index contributed by atoms with van der Waals surface area (Å²) in [7, 11) is 1.44. The number of aliphatic hydroxyl groups is 1. The van der Waals surface area contributed by atoms with Crippen LogP contribution in [0.5, 0.6) is 0 Å². The van der Waals surface area contributed by atoms with E-state index in [4.69, 9.17) is 10.5 Å². The predicted molar refractivity (Wildman–Crippen MR) is 31.0 cm³/mol. The molecule has 0 radical (unpaired) electrons. The number of methoxy groups -OCH3 is 1. The summed E-state index contributed by atoms with van der Waals surface area (Å²) in [6, 6.07) is 0. The summed E-state index contributed by atoms with van der Waals surface area (Å²) < 4.78 is 4.50. The molecule has 8 heavy (non-hydrogen) atoms. The first-order valence-electron chi connectivity index (χ1n) is 2.51. The largest absolute Gasteiger partial charge is 0.368 e. The Morgan fingerprint density at radius 3 is 2.88 bits per heavy atom. The number of hydrogen-bond donors (Lipinski definition) is 2. The second kappa shape index (κ2) is 4.74. The molecule has 0 fully saturated rings. The summed E-state index contributed by atoms with van der Waals surface area (Å²) in [4.78, 5) is 0. The molecule has 0 rings (SSSR count). The van der Waals surface area contributed by atoms with Gasteiger partial charge in [0, 0.05) is 13.5 Å². The van der Waals surface area contributed by atoms with E-state index in [1.807, 2.05) is 0 Å². The molecule has 1 unspecified atom stereocenters. The zero-order valence-electron chi connectivity index (χ0n) is 4.92. The zero-order chi connectivity index (χ0) is 6.41. The molecule has 48 valence electrons. The summed E-state index contributed by atoms with van der Waals surface area (Å²) in [5.74, 6) is 0. The van der Waals surface area contributed by atoms with Crippen LogP contribution in [0.1, 0.15) is 12.8 Å². The third-order valence-electron chi connectivity index (χ3n) is 0.830. The molecule has 0 aromatic carbocycles. The third-order valence-corrected chi connectivity index (χ3v) is 0.830. The number of aliphatic hydroxyl groups excluding tert-OH is 1. The first kappa shape index (κ1) is 7.59. The van der Waals surface area contributed by atoms with Gasteiger partial charge in [-0.15, -0.1) is 0 Å². The number of rotatable bonds is 4. The summed E-state index contributed by atoms with van der Waals surface area (Å²) >= 11 is 0. The molecular weight excluding hydrogens is 106 g/mol. The predicted octanol–water partition coefficient (Wildman–Crippen LogP) is 0.381. The van der Waals surface area contributed by atoms with Crippen molar-refractivity contribution in [1.82, 2.24) is 0 Å². The van der Waals surface area contributed by atoms with Crippen LogP contribution in [0.2, 0.25) is 0 Å². The maximum atomic E-state index is 8.66. The molecule has 0 amide bonds. The van der Waals surface area contributed by atoms with Gasteiger partial charge >= 0.3 is 0 Å². The van der Waals surface area contributed by atoms with Crippen LogP contribution in [-0.4, -0.2) is 24.7 Å². The van der Waals surface area contributed by atoms with E-state index in [0.29, 0.717) is 12.8 Å². The highest BCUT2D eigenvalue weighted by atomic mass is 16.6. The van der Waals surface area contributed by atoms with Gasteiger partial charge in [0.1, 0.15) is 0 Å². The molecule has 0 bridgehead atoms. The average Bonchev–Trinajstić information content (AvgIpc) is 1.83. The summed E-state index contributed by atoms with van der Waals surface area (Å²) in [5.41, 5.74) is 0. The Hall–Kier alpha value is -0.410. The van der Waals surface area contributed by atoms with Crippen LogP contribution in [0.4, 0.5) is 0 Å². The normalized spacial score (nSPS) is 13.2. The average molecular weight is 117 g/mol. The lowest BCUT2D eigenvalue weighted by molar-refractivity contribution is -0.0765. The number of nitrogens with one attached hydrogen (secondary N) is 1. The lowest BCUT2D eigenvalue weighted by Crippen LogP contribution is -2.07. The van der Waals surface area contributed by atoms with E-state index < -0.39 is 6.29 Å². The van der Waals surface area contributed by atoms with E-state index in [1.54, 1.807) is 0 Å². The van der Waals surface area contributed by atoms with Crippen molar-refractivity contribution in [1.29, 1.82) is 5.41 Å². The smallest absolute Gasteiger partial charge is 0.154 e.